The lowest BCUT2D eigenvalue weighted by Crippen LogP contribution is -2.41. The summed E-state index contributed by atoms with van der Waals surface area (Å²) in [7, 11) is 1.82. The van der Waals surface area contributed by atoms with Crippen LogP contribution in [0.25, 0.3) is 10.2 Å². The van der Waals surface area contributed by atoms with Crippen LogP contribution in [0.4, 0.5) is 0 Å². The molecule has 0 aliphatic carbocycles. The van der Waals surface area contributed by atoms with Crippen molar-refractivity contribution < 1.29 is 14.3 Å². The predicted octanol–water partition coefficient (Wildman–Crippen LogP) is 3.92. The van der Waals surface area contributed by atoms with Gasteiger partial charge in [0, 0.05) is 13.5 Å². The second-order valence-electron chi connectivity index (χ2n) is 6.70. The third kappa shape index (κ3) is 4.22. The fourth-order valence-electron chi connectivity index (χ4n) is 3.17. The van der Waals surface area contributed by atoms with Crippen LogP contribution in [0.2, 0.25) is 0 Å². The number of rotatable bonds is 6. The molecule has 1 aliphatic heterocycles. The zero-order valence-corrected chi connectivity index (χ0v) is 16.1. The van der Waals surface area contributed by atoms with Gasteiger partial charge in [0.1, 0.15) is 6.61 Å². The number of amides is 1. The molecule has 2 heterocycles. The Labute approximate surface area is 162 Å². The zero-order valence-electron chi connectivity index (χ0n) is 15.3. The smallest absolute Gasteiger partial charge is 0.222 e. The summed E-state index contributed by atoms with van der Waals surface area (Å²) in [6, 6.07) is 15.8. The third-order valence-corrected chi connectivity index (χ3v) is 5.69. The Kier molecular flexibility index (Phi) is 5.25. The molecule has 0 N–H and O–H groups in total. The molecule has 1 amide bonds. The number of nitrogens with zero attached hydrogens (tertiary/aromatic N) is 2. The average molecular weight is 382 g/mol. The van der Waals surface area contributed by atoms with E-state index < -0.39 is 0 Å². The predicted molar refractivity (Wildman–Crippen MR) is 107 cm³/mol. The zero-order chi connectivity index (χ0) is 18.6. The van der Waals surface area contributed by atoms with E-state index in [1.807, 2.05) is 49.5 Å². The maximum Gasteiger partial charge on any atom is 0.222 e. The van der Waals surface area contributed by atoms with Gasteiger partial charge in [-0.3, -0.25) is 4.79 Å². The van der Waals surface area contributed by atoms with Crippen LogP contribution in [-0.2, 0) is 11.2 Å². The van der Waals surface area contributed by atoms with Gasteiger partial charge in [-0.1, -0.05) is 24.3 Å². The Hall–Kier alpha value is -2.60. The van der Waals surface area contributed by atoms with Crippen LogP contribution >= 0.6 is 11.3 Å². The topological polar surface area (TPSA) is 51.7 Å². The number of fused-ring (bicyclic) bond motifs is 2. The standard InChI is InChI=1S/C21H22N2O3S/c1-23(13-15-14-25-17-8-3-4-9-18(17)26-15)21(24)12-6-11-20-22-16-7-2-5-10-19(16)27-20/h2-5,7-10,15H,6,11-14H2,1H3. The highest BCUT2D eigenvalue weighted by molar-refractivity contribution is 7.18. The highest BCUT2D eigenvalue weighted by Gasteiger charge is 2.23. The van der Waals surface area contributed by atoms with Crippen LogP contribution < -0.4 is 9.47 Å². The number of aryl methyl sites for hydroxylation is 1. The van der Waals surface area contributed by atoms with Gasteiger partial charge in [0.05, 0.1) is 21.8 Å². The van der Waals surface area contributed by atoms with Crippen molar-refractivity contribution in [3.63, 3.8) is 0 Å². The Bertz CT molecular complexity index is 907. The average Bonchev–Trinajstić information content (AvgIpc) is 3.10. The number of benzene rings is 2. The quantitative estimate of drug-likeness (QED) is 0.648. The third-order valence-electron chi connectivity index (χ3n) is 4.59. The summed E-state index contributed by atoms with van der Waals surface area (Å²) in [5, 5.41) is 1.09. The van der Waals surface area contributed by atoms with E-state index in [9.17, 15) is 4.79 Å². The first-order valence-corrected chi connectivity index (χ1v) is 9.97. The van der Waals surface area contributed by atoms with Crippen LogP contribution in [0.15, 0.2) is 48.5 Å². The molecule has 1 aliphatic rings. The molecule has 1 unspecified atom stereocenters. The molecule has 0 spiro atoms. The van der Waals surface area contributed by atoms with E-state index >= 15 is 0 Å². The summed E-state index contributed by atoms with van der Waals surface area (Å²) in [6.45, 7) is 0.981. The minimum Gasteiger partial charge on any atom is -0.486 e. The normalized spacial score (nSPS) is 15.7. The number of para-hydroxylation sites is 3. The van der Waals surface area contributed by atoms with E-state index in [0.29, 0.717) is 19.6 Å². The SMILES string of the molecule is CN(CC1COc2ccccc2O1)C(=O)CCCc1nc2ccccc2s1. The number of aromatic nitrogens is 1. The minimum absolute atomic E-state index is 0.124. The molecular formula is C21H22N2O3S. The fraction of sp³-hybridized carbons (Fsp3) is 0.333. The molecule has 2 aromatic carbocycles. The molecule has 0 radical (unpaired) electrons. The van der Waals surface area contributed by atoms with Crippen molar-refractivity contribution in [3.05, 3.63) is 53.5 Å². The largest absolute Gasteiger partial charge is 0.486 e. The van der Waals surface area contributed by atoms with Gasteiger partial charge >= 0.3 is 0 Å². The Morgan fingerprint density at radius 2 is 1.96 bits per heavy atom. The van der Waals surface area contributed by atoms with E-state index in [-0.39, 0.29) is 12.0 Å². The van der Waals surface area contributed by atoms with E-state index in [2.05, 4.69) is 11.1 Å². The Balaban J connectivity index is 1.24. The highest BCUT2D eigenvalue weighted by atomic mass is 32.1. The second-order valence-corrected chi connectivity index (χ2v) is 7.82. The first-order valence-electron chi connectivity index (χ1n) is 9.16. The summed E-state index contributed by atoms with van der Waals surface area (Å²) in [6.07, 6.45) is 2.00. The highest BCUT2D eigenvalue weighted by Crippen LogP contribution is 2.31. The number of thiazole rings is 1. The maximum atomic E-state index is 12.4. The van der Waals surface area contributed by atoms with Gasteiger partial charge in [0.2, 0.25) is 5.91 Å². The van der Waals surface area contributed by atoms with Crippen molar-refractivity contribution in [1.82, 2.24) is 9.88 Å². The van der Waals surface area contributed by atoms with Gasteiger partial charge in [0.25, 0.3) is 0 Å². The van der Waals surface area contributed by atoms with Crippen molar-refractivity contribution in [3.8, 4) is 11.5 Å². The van der Waals surface area contributed by atoms with Crippen molar-refractivity contribution in [1.29, 1.82) is 0 Å². The van der Waals surface area contributed by atoms with Crippen LogP contribution in [0, 0.1) is 0 Å². The summed E-state index contributed by atoms with van der Waals surface area (Å²) in [5.41, 5.74) is 1.04. The number of likely N-dealkylation sites (N-methyl/N-ethyl adjacent to an activating group) is 1. The summed E-state index contributed by atoms with van der Waals surface area (Å²) in [4.78, 5) is 18.8. The molecule has 1 aromatic heterocycles. The lowest BCUT2D eigenvalue weighted by molar-refractivity contribution is -0.131. The van der Waals surface area contributed by atoms with Crippen molar-refractivity contribution in [2.24, 2.45) is 0 Å². The monoisotopic (exact) mass is 382 g/mol. The molecule has 27 heavy (non-hydrogen) atoms. The van der Waals surface area contributed by atoms with E-state index in [1.54, 1.807) is 16.2 Å². The molecule has 0 bridgehead atoms. The molecule has 3 aromatic rings. The Morgan fingerprint density at radius 1 is 1.19 bits per heavy atom. The van der Waals surface area contributed by atoms with Gasteiger partial charge in [-0.2, -0.15) is 0 Å². The molecule has 0 fully saturated rings. The van der Waals surface area contributed by atoms with Gasteiger partial charge in [0.15, 0.2) is 17.6 Å². The molecular weight excluding hydrogens is 360 g/mol. The van der Waals surface area contributed by atoms with Gasteiger partial charge in [-0.05, 0) is 37.1 Å². The summed E-state index contributed by atoms with van der Waals surface area (Å²) < 4.78 is 12.8. The molecule has 0 saturated carbocycles. The van der Waals surface area contributed by atoms with Crippen LogP contribution in [0.1, 0.15) is 17.8 Å². The van der Waals surface area contributed by atoms with Gasteiger partial charge < -0.3 is 14.4 Å². The number of hydrogen-bond donors (Lipinski definition) is 0. The van der Waals surface area contributed by atoms with E-state index in [4.69, 9.17) is 9.47 Å². The van der Waals surface area contributed by atoms with E-state index in [1.165, 1.54) is 4.70 Å². The lowest BCUT2D eigenvalue weighted by atomic mass is 10.2. The second kappa shape index (κ2) is 7.96. The van der Waals surface area contributed by atoms with Crippen LogP contribution in [0.5, 0.6) is 11.5 Å². The van der Waals surface area contributed by atoms with Gasteiger partial charge in [-0.15, -0.1) is 11.3 Å². The van der Waals surface area contributed by atoms with Crippen molar-refractivity contribution in [2.75, 3.05) is 20.2 Å². The summed E-state index contributed by atoms with van der Waals surface area (Å²) in [5.74, 6) is 1.63. The molecule has 140 valence electrons. The molecule has 4 rings (SSSR count). The Morgan fingerprint density at radius 3 is 2.81 bits per heavy atom. The first-order chi connectivity index (χ1) is 13.2. The van der Waals surface area contributed by atoms with Crippen LogP contribution in [-0.4, -0.2) is 42.1 Å². The number of hydrogen-bond acceptors (Lipinski definition) is 5. The van der Waals surface area contributed by atoms with Gasteiger partial charge in [-0.25, -0.2) is 4.98 Å². The number of carbonyl (C=O) groups is 1. The van der Waals surface area contributed by atoms with Crippen molar-refractivity contribution >= 4 is 27.5 Å². The van der Waals surface area contributed by atoms with Crippen molar-refractivity contribution in [2.45, 2.75) is 25.4 Å². The molecule has 5 nitrogen and oxygen atoms in total. The summed E-state index contributed by atoms with van der Waals surface area (Å²) >= 11 is 1.71. The fourth-order valence-corrected chi connectivity index (χ4v) is 4.18. The molecule has 0 saturated heterocycles. The minimum atomic E-state index is -0.141. The lowest BCUT2D eigenvalue weighted by Gasteiger charge is -2.29. The molecule has 1 atom stereocenters. The first kappa shape index (κ1) is 17.8. The number of ether oxygens (including phenoxy) is 2. The maximum absolute atomic E-state index is 12.4. The molecule has 6 heteroatoms. The van der Waals surface area contributed by atoms with E-state index in [0.717, 1.165) is 34.9 Å². The number of carbonyl (C=O) groups excluding carboxylic acids is 1. The van der Waals surface area contributed by atoms with Crippen LogP contribution in [0.3, 0.4) is 0 Å².